The topological polar surface area (TPSA) is 99.1 Å². The minimum Gasteiger partial charge on any atom is -0.477 e. The number of quaternary nitrogens is 1. The Morgan fingerprint density at radius 3 is 1.54 bits per heavy atom. The first-order valence-corrected chi connectivity index (χ1v) is 19.7. The van der Waals surface area contributed by atoms with Crippen molar-refractivity contribution in [3.05, 3.63) is 12.2 Å². The molecule has 0 aliphatic carbocycles. The van der Waals surface area contributed by atoms with Gasteiger partial charge in [0.2, 0.25) is 0 Å². The van der Waals surface area contributed by atoms with Crippen LogP contribution in [0.4, 0.5) is 0 Å². The summed E-state index contributed by atoms with van der Waals surface area (Å²) in [7, 11) is 5.52. The molecule has 0 saturated carbocycles. The molecule has 0 rings (SSSR count). The third-order valence-electron chi connectivity index (χ3n) is 8.91. The summed E-state index contributed by atoms with van der Waals surface area (Å²) in [6.07, 6.45) is 31.0. The van der Waals surface area contributed by atoms with Crippen LogP contribution in [-0.4, -0.2) is 80.6 Å². The van der Waals surface area contributed by atoms with Gasteiger partial charge in [-0.2, -0.15) is 0 Å². The van der Waals surface area contributed by atoms with Gasteiger partial charge in [-0.1, -0.05) is 129 Å². The quantitative estimate of drug-likeness (QED) is 0.0307. The number of likely N-dealkylation sites (N-methyl/N-ethyl adjacent to an activating group) is 1. The van der Waals surface area contributed by atoms with Gasteiger partial charge >= 0.3 is 17.9 Å². The molecule has 0 aromatic heterocycles. The highest BCUT2D eigenvalue weighted by molar-refractivity contribution is 5.72. The number of carboxylic acids is 1. The Balaban J connectivity index is 4.41. The fourth-order valence-electron chi connectivity index (χ4n) is 5.79. The maximum absolute atomic E-state index is 12.6. The van der Waals surface area contributed by atoms with E-state index in [1.807, 2.05) is 21.1 Å². The number of carboxylic acid groups (broad SMARTS) is 1. The van der Waals surface area contributed by atoms with Crippen molar-refractivity contribution in [1.29, 1.82) is 0 Å². The van der Waals surface area contributed by atoms with Crippen LogP contribution in [0.3, 0.4) is 0 Å². The molecule has 0 heterocycles. The second kappa shape index (κ2) is 32.3. The first-order chi connectivity index (χ1) is 23.1. The van der Waals surface area contributed by atoms with E-state index in [2.05, 4.69) is 26.0 Å². The number of hydrogen-bond acceptors (Lipinski definition) is 6. The van der Waals surface area contributed by atoms with Gasteiger partial charge < -0.3 is 23.8 Å². The predicted molar refractivity (Wildman–Crippen MR) is 197 cm³/mol. The Morgan fingerprint density at radius 1 is 0.604 bits per heavy atom. The highest BCUT2D eigenvalue weighted by atomic mass is 16.6. The van der Waals surface area contributed by atoms with Gasteiger partial charge in [-0.25, -0.2) is 4.79 Å². The maximum Gasteiger partial charge on any atom is 0.362 e. The summed E-state index contributed by atoms with van der Waals surface area (Å²) in [5.74, 6) is -1.47. The molecule has 0 bridgehead atoms. The highest BCUT2D eigenvalue weighted by Gasteiger charge is 2.31. The first-order valence-electron chi connectivity index (χ1n) is 19.7. The third-order valence-corrected chi connectivity index (χ3v) is 8.91. The Hall–Kier alpha value is -1.93. The summed E-state index contributed by atoms with van der Waals surface area (Å²) < 4.78 is 17.2. The van der Waals surface area contributed by atoms with Crippen molar-refractivity contribution in [2.45, 2.75) is 187 Å². The van der Waals surface area contributed by atoms with Gasteiger partial charge in [0.1, 0.15) is 6.61 Å². The smallest absolute Gasteiger partial charge is 0.362 e. The largest absolute Gasteiger partial charge is 0.477 e. The Morgan fingerprint density at radius 2 is 1.04 bits per heavy atom. The molecule has 2 atom stereocenters. The summed E-state index contributed by atoms with van der Waals surface area (Å²) >= 11 is 0. The number of aliphatic carboxylic acids is 1. The molecule has 8 nitrogen and oxygen atoms in total. The molecule has 0 aromatic rings. The fraction of sp³-hybridized carbons (Fsp3) is 0.875. The lowest BCUT2D eigenvalue weighted by atomic mass is 10.0. The SMILES string of the molecule is CCCCC/C=C/CCCCCCCC(=O)OC(COCCC(C(=O)O)[N+](C)(C)C)COC(=O)CCCCCCCCCCCCCC. The number of esters is 2. The molecule has 0 saturated heterocycles. The molecular formula is C40H76NO7+. The number of rotatable bonds is 35. The molecule has 48 heavy (non-hydrogen) atoms. The van der Waals surface area contributed by atoms with E-state index in [1.165, 1.54) is 89.9 Å². The zero-order valence-electron chi connectivity index (χ0n) is 32.0. The zero-order chi connectivity index (χ0) is 35.7. The van der Waals surface area contributed by atoms with Crippen molar-refractivity contribution in [3.8, 4) is 0 Å². The number of carbonyl (C=O) groups is 3. The predicted octanol–water partition coefficient (Wildman–Crippen LogP) is 9.97. The lowest BCUT2D eigenvalue weighted by Gasteiger charge is -2.31. The minimum absolute atomic E-state index is 0.0491. The van der Waals surface area contributed by atoms with Crippen molar-refractivity contribution in [1.82, 2.24) is 0 Å². The second-order valence-corrected chi connectivity index (χ2v) is 14.5. The van der Waals surface area contributed by atoms with Crippen LogP contribution in [0, 0.1) is 0 Å². The Labute approximate surface area is 295 Å². The maximum atomic E-state index is 12.6. The van der Waals surface area contributed by atoms with Crippen molar-refractivity contribution < 1.29 is 38.2 Å². The van der Waals surface area contributed by atoms with E-state index in [0.29, 0.717) is 19.3 Å². The number of carbonyl (C=O) groups excluding carboxylic acids is 2. The molecule has 0 radical (unpaired) electrons. The normalized spacial score (nSPS) is 13.1. The van der Waals surface area contributed by atoms with Crippen LogP contribution in [0.5, 0.6) is 0 Å². The average molecular weight is 683 g/mol. The molecule has 0 aromatic carbocycles. The number of nitrogens with zero attached hydrogens (tertiary/aromatic N) is 1. The van der Waals surface area contributed by atoms with E-state index in [1.54, 1.807) is 0 Å². The number of hydrogen-bond donors (Lipinski definition) is 1. The van der Waals surface area contributed by atoms with E-state index in [-0.39, 0.29) is 36.2 Å². The van der Waals surface area contributed by atoms with Crippen LogP contribution in [0.25, 0.3) is 0 Å². The lowest BCUT2D eigenvalue weighted by Crippen LogP contribution is -2.50. The van der Waals surface area contributed by atoms with E-state index >= 15 is 0 Å². The summed E-state index contributed by atoms with van der Waals surface area (Å²) in [5.41, 5.74) is 0. The summed E-state index contributed by atoms with van der Waals surface area (Å²) in [5, 5.41) is 9.58. The fourth-order valence-corrected chi connectivity index (χ4v) is 5.79. The Bertz CT molecular complexity index is 808. The van der Waals surface area contributed by atoms with Gasteiger partial charge in [0.25, 0.3) is 0 Å². The minimum atomic E-state index is -0.875. The van der Waals surface area contributed by atoms with Gasteiger partial charge in [-0.05, 0) is 38.5 Å². The molecule has 0 spiro atoms. The number of ether oxygens (including phenoxy) is 3. The standard InChI is InChI=1S/C40H75NO7/c1-6-8-10-12-14-16-18-20-22-24-26-28-30-38(42)47-35-36(34-46-33-32-37(40(44)45)41(3,4)5)48-39(43)31-29-27-25-23-21-19-17-15-13-11-9-7-2/h15,17,36-37H,6-14,16,18-35H2,1-5H3/p+1/b17-15+. The molecule has 1 N–H and O–H groups in total. The summed E-state index contributed by atoms with van der Waals surface area (Å²) in [4.78, 5) is 36.8. The lowest BCUT2D eigenvalue weighted by molar-refractivity contribution is -0.887. The van der Waals surface area contributed by atoms with E-state index in [0.717, 1.165) is 51.4 Å². The van der Waals surface area contributed by atoms with Gasteiger partial charge in [-0.3, -0.25) is 9.59 Å². The zero-order valence-corrected chi connectivity index (χ0v) is 32.0. The van der Waals surface area contributed by atoms with Crippen molar-refractivity contribution >= 4 is 17.9 Å². The van der Waals surface area contributed by atoms with Gasteiger partial charge in [-0.15, -0.1) is 0 Å². The van der Waals surface area contributed by atoms with Gasteiger partial charge in [0.15, 0.2) is 12.1 Å². The van der Waals surface area contributed by atoms with E-state index in [4.69, 9.17) is 14.2 Å². The first kappa shape index (κ1) is 46.1. The van der Waals surface area contributed by atoms with E-state index in [9.17, 15) is 19.5 Å². The Kier molecular flexibility index (Phi) is 31.0. The highest BCUT2D eigenvalue weighted by Crippen LogP contribution is 2.14. The van der Waals surface area contributed by atoms with Crippen LogP contribution < -0.4 is 0 Å². The monoisotopic (exact) mass is 683 g/mol. The molecule has 2 unspecified atom stereocenters. The second-order valence-electron chi connectivity index (χ2n) is 14.5. The van der Waals surface area contributed by atoms with Crippen LogP contribution >= 0.6 is 0 Å². The van der Waals surface area contributed by atoms with Crippen LogP contribution in [0.15, 0.2) is 12.2 Å². The third kappa shape index (κ3) is 30.2. The van der Waals surface area contributed by atoms with Crippen molar-refractivity contribution in [2.75, 3.05) is 41.0 Å². The summed E-state index contributed by atoms with van der Waals surface area (Å²) in [6, 6.07) is -0.610. The van der Waals surface area contributed by atoms with Crippen LogP contribution in [-0.2, 0) is 28.6 Å². The van der Waals surface area contributed by atoms with E-state index < -0.39 is 18.1 Å². The number of allylic oxidation sites excluding steroid dienone is 2. The molecule has 282 valence electrons. The van der Waals surface area contributed by atoms with Gasteiger partial charge in [0, 0.05) is 19.3 Å². The summed E-state index contributed by atoms with van der Waals surface area (Å²) in [6.45, 7) is 4.70. The molecule has 0 amide bonds. The molecular weight excluding hydrogens is 606 g/mol. The molecule has 8 heteroatoms. The van der Waals surface area contributed by atoms with Crippen LogP contribution in [0.2, 0.25) is 0 Å². The van der Waals surface area contributed by atoms with Crippen molar-refractivity contribution in [2.24, 2.45) is 0 Å². The molecule has 0 aliphatic heterocycles. The molecule has 0 aliphatic rings. The number of unbranched alkanes of at least 4 members (excludes halogenated alkanes) is 19. The van der Waals surface area contributed by atoms with Gasteiger partial charge in [0.05, 0.1) is 34.4 Å². The average Bonchev–Trinajstić information content (AvgIpc) is 3.03. The van der Waals surface area contributed by atoms with Crippen LogP contribution in [0.1, 0.15) is 174 Å². The van der Waals surface area contributed by atoms with Crippen molar-refractivity contribution in [3.63, 3.8) is 0 Å². The molecule has 0 fully saturated rings.